The molecule has 0 amide bonds. The number of hydrogen-bond donors (Lipinski definition) is 0. The van der Waals surface area contributed by atoms with Crippen LogP contribution in [0.1, 0.15) is 25.2 Å². The Kier molecular flexibility index (Phi) is 6.98. The first-order valence-corrected chi connectivity index (χ1v) is 13.6. The number of benzene rings is 4. The van der Waals surface area contributed by atoms with E-state index in [1.54, 1.807) is 24.3 Å². The topological polar surface area (TPSA) is 25.8 Å². The Balaban J connectivity index is 1.50. The third-order valence-corrected chi connectivity index (χ3v) is 7.48. The lowest BCUT2D eigenvalue weighted by atomic mass is 9.83. The van der Waals surface area contributed by atoms with E-state index in [2.05, 4.69) is 26.0 Å². The van der Waals surface area contributed by atoms with Crippen LogP contribution in [0.2, 0.25) is 0 Å². The lowest BCUT2D eigenvalue weighted by Crippen LogP contribution is -2.23. The predicted octanol–water partition coefficient (Wildman–Crippen LogP) is 9.75. The molecule has 0 N–H and O–H groups in total. The summed E-state index contributed by atoms with van der Waals surface area (Å²) in [6.07, 6.45) is 0. The quantitative estimate of drug-likeness (QED) is 0.211. The minimum absolute atomic E-state index is 0.289. The second-order valence-electron chi connectivity index (χ2n) is 10.6. The first-order chi connectivity index (χ1) is 19.9. The van der Waals surface area contributed by atoms with E-state index in [4.69, 9.17) is 9.97 Å². The molecule has 0 unspecified atom stereocenters. The highest BCUT2D eigenvalue weighted by molar-refractivity contribution is 5.82. The molecular formula is C37H28F2N2. The zero-order chi connectivity index (χ0) is 28.4. The molecule has 0 aliphatic rings. The standard InChI is InChI=1S/C37H28F2N2/c1-37(2,33-23-21-31(25-9-5-3-6-10-25)35(40-33)27-13-17-29(38)18-14-27)34-24-22-32(26-11-7-4-8-12-26)36(41-34)28-15-19-30(39)20-16-28/h3-24H,1-2H3. The fourth-order valence-corrected chi connectivity index (χ4v) is 5.10. The minimum Gasteiger partial charge on any atom is -0.251 e. The summed E-state index contributed by atoms with van der Waals surface area (Å²) in [6.45, 7) is 4.20. The van der Waals surface area contributed by atoms with Crippen molar-refractivity contribution in [1.82, 2.24) is 9.97 Å². The highest BCUT2D eigenvalue weighted by Gasteiger charge is 2.29. The van der Waals surface area contributed by atoms with Crippen molar-refractivity contribution in [3.8, 4) is 44.8 Å². The summed E-state index contributed by atoms with van der Waals surface area (Å²) in [5.74, 6) is -0.579. The Morgan fingerprint density at radius 2 is 0.780 bits per heavy atom. The molecule has 0 bridgehead atoms. The van der Waals surface area contributed by atoms with Crippen molar-refractivity contribution in [3.05, 3.63) is 156 Å². The molecule has 0 aliphatic heterocycles. The Morgan fingerprint density at radius 1 is 0.415 bits per heavy atom. The second kappa shape index (κ2) is 10.9. The fraction of sp³-hybridized carbons (Fsp3) is 0.0811. The summed E-state index contributed by atoms with van der Waals surface area (Å²) in [7, 11) is 0. The van der Waals surface area contributed by atoms with Crippen LogP contribution in [0.15, 0.2) is 133 Å². The Bertz CT molecular complexity index is 1660. The monoisotopic (exact) mass is 538 g/mol. The molecule has 4 heteroatoms. The van der Waals surface area contributed by atoms with Crippen LogP contribution >= 0.6 is 0 Å². The van der Waals surface area contributed by atoms with Crippen molar-refractivity contribution in [1.29, 1.82) is 0 Å². The Labute approximate surface area is 239 Å². The van der Waals surface area contributed by atoms with Gasteiger partial charge in [0.05, 0.1) is 22.8 Å². The molecule has 2 nitrogen and oxygen atoms in total. The first-order valence-electron chi connectivity index (χ1n) is 13.6. The molecule has 2 aromatic heterocycles. The smallest absolute Gasteiger partial charge is 0.123 e. The number of rotatable bonds is 6. The number of hydrogen-bond acceptors (Lipinski definition) is 2. The molecule has 200 valence electrons. The third-order valence-electron chi connectivity index (χ3n) is 7.48. The van der Waals surface area contributed by atoms with Crippen molar-refractivity contribution in [2.45, 2.75) is 19.3 Å². The van der Waals surface area contributed by atoms with Crippen LogP contribution in [-0.4, -0.2) is 9.97 Å². The van der Waals surface area contributed by atoms with Gasteiger partial charge in [0.2, 0.25) is 0 Å². The van der Waals surface area contributed by atoms with Gasteiger partial charge in [-0.2, -0.15) is 0 Å². The maximum atomic E-state index is 13.8. The van der Waals surface area contributed by atoms with E-state index in [0.29, 0.717) is 0 Å². The molecule has 2 heterocycles. The van der Waals surface area contributed by atoms with Crippen molar-refractivity contribution in [3.63, 3.8) is 0 Å². The molecule has 4 aromatic carbocycles. The number of aromatic nitrogens is 2. The van der Waals surface area contributed by atoms with Crippen LogP contribution in [0.5, 0.6) is 0 Å². The maximum absolute atomic E-state index is 13.8. The summed E-state index contributed by atoms with van der Waals surface area (Å²) in [6, 6.07) is 41.3. The van der Waals surface area contributed by atoms with E-state index in [1.807, 2.05) is 72.8 Å². The van der Waals surface area contributed by atoms with Crippen molar-refractivity contribution < 1.29 is 8.78 Å². The molecule has 0 radical (unpaired) electrons. The molecule has 0 aliphatic carbocycles. The lowest BCUT2D eigenvalue weighted by Gasteiger charge is -2.26. The van der Waals surface area contributed by atoms with E-state index in [1.165, 1.54) is 24.3 Å². The highest BCUT2D eigenvalue weighted by Crippen LogP contribution is 2.38. The molecule has 0 saturated carbocycles. The average molecular weight is 539 g/mol. The first kappa shape index (κ1) is 26.3. The highest BCUT2D eigenvalue weighted by atomic mass is 19.1. The van der Waals surface area contributed by atoms with Crippen LogP contribution in [0, 0.1) is 11.6 Å². The summed E-state index contributed by atoms with van der Waals surface area (Å²) in [5, 5.41) is 0. The maximum Gasteiger partial charge on any atom is 0.123 e. The third kappa shape index (κ3) is 5.29. The minimum atomic E-state index is -0.575. The van der Waals surface area contributed by atoms with Crippen LogP contribution < -0.4 is 0 Å². The normalized spacial score (nSPS) is 11.4. The SMILES string of the molecule is CC(C)(c1ccc(-c2ccccc2)c(-c2ccc(F)cc2)n1)c1ccc(-c2ccccc2)c(-c2ccc(F)cc2)n1. The molecule has 41 heavy (non-hydrogen) atoms. The molecular weight excluding hydrogens is 510 g/mol. The van der Waals surface area contributed by atoms with Gasteiger partial charge in [0.25, 0.3) is 0 Å². The van der Waals surface area contributed by atoms with Crippen molar-refractivity contribution in [2.75, 3.05) is 0 Å². The predicted molar refractivity (Wildman–Crippen MR) is 162 cm³/mol. The van der Waals surface area contributed by atoms with Crippen LogP contribution in [0.25, 0.3) is 44.8 Å². The largest absolute Gasteiger partial charge is 0.251 e. The van der Waals surface area contributed by atoms with Gasteiger partial charge in [-0.05, 0) is 85.6 Å². The van der Waals surface area contributed by atoms with Crippen LogP contribution in [0.4, 0.5) is 8.78 Å². The van der Waals surface area contributed by atoms with E-state index in [9.17, 15) is 8.78 Å². The van der Waals surface area contributed by atoms with Crippen molar-refractivity contribution >= 4 is 0 Å². The van der Waals surface area contributed by atoms with Gasteiger partial charge in [-0.1, -0.05) is 72.8 Å². The van der Waals surface area contributed by atoms with E-state index in [-0.39, 0.29) is 11.6 Å². The molecule has 6 rings (SSSR count). The van der Waals surface area contributed by atoms with E-state index < -0.39 is 5.41 Å². The summed E-state index contributed by atoms with van der Waals surface area (Å²) in [4.78, 5) is 10.4. The Morgan fingerprint density at radius 3 is 1.15 bits per heavy atom. The zero-order valence-electron chi connectivity index (χ0n) is 22.9. The average Bonchev–Trinajstić information content (AvgIpc) is 3.02. The van der Waals surface area contributed by atoms with Gasteiger partial charge in [-0.3, -0.25) is 9.97 Å². The lowest BCUT2D eigenvalue weighted by molar-refractivity contribution is 0.597. The van der Waals surface area contributed by atoms with Crippen molar-refractivity contribution in [2.24, 2.45) is 0 Å². The van der Waals surface area contributed by atoms with Gasteiger partial charge >= 0.3 is 0 Å². The molecule has 0 spiro atoms. The van der Waals surface area contributed by atoms with Gasteiger partial charge < -0.3 is 0 Å². The molecule has 0 saturated heterocycles. The van der Waals surface area contributed by atoms with E-state index >= 15 is 0 Å². The summed E-state index contributed by atoms with van der Waals surface area (Å²) in [5.41, 5.74) is 8.33. The molecule has 0 fully saturated rings. The number of nitrogens with zero attached hydrogens (tertiary/aromatic N) is 2. The summed E-state index contributed by atoms with van der Waals surface area (Å²) >= 11 is 0. The second-order valence-corrected chi connectivity index (χ2v) is 10.6. The van der Waals surface area contributed by atoms with Crippen LogP contribution in [-0.2, 0) is 5.41 Å². The molecule has 0 atom stereocenters. The van der Waals surface area contributed by atoms with Gasteiger partial charge in [-0.25, -0.2) is 8.78 Å². The van der Waals surface area contributed by atoms with E-state index in [0.717, 1.165) is 56.2 Å². The van der Waals surface area contributed by atoms with Gasteiger partial charge in [0.15, 0.2) is 0 Å². The van der Waals surface area contributed by atoms with Crippen LogP contribution in [0.3, 0.4) is 0 Å². The van der Waals surface area contributed by atoms with Gasteiger partial charge in [-0.15, -0.1) is 0 Å². The number of halogens is 2. The van der Waals surface area contributed by atoms with Gasteiger partial charge in [0, 0.05) is 27.7 Å². The Hall–Kier alpha value is -4.96. The summed E-state index contributed by atoms with van der Waals surface area (Å²) < 4.78 is 27.6. The zero-order valence-corrected chi connectivity index (χ0v) is 22.9. The van der Waals surface area contributed by atoms with Gasteiger partial charge in [0.1, 0.15) is 11.6 Å². The number of pyridine rings is 2. The molecule has 6 aromatic rings. The fourth-order valence-electron chi connectivity index (χ4n) is 5.10.